The Kier molecular flexibility index (Phi) is 5.46. The number of rotatable bonds is 7. The first kappa shape index (κ1) is 17.1. The van der Waals surface area contributed by atoms with Crippen LogP contribution in [0.3, 0.4) is 0 Å². The van der Waals surface area contributed by atoms with E-state index in [9.17, 15) is 19.5 Å². The highest BCUT2D eigenvalue weighted by atomic mass is 16.5. The number of methoxy groups -OCH3 is 1. The molecule has 2 N–H and O–H groups in total. The van der Waals surface area contributed by atoms with Crippen molar-refractivity contribution in [2.24, 2.45) is 5.92 Å². The first-order valence-corrected chi connectivity index (χ1v) is 7.36. The van der Waals surface area contributed by atoms with Crippen LogP contribution < -0.4 is 5.32 Å². The third-order valence-corrected chi connectivity index (χ3v) is 3.87. The van der Waals surface area contributed by atoms with E-state index in [2.05, 4.69) is 10.1 Å². The molecule has 0 bridgehead atoms. The van der Waals surface area contributed by atoms with Crippen molar-refractivity contribution < 1.29 is 24.2 Å². The quantitative estimate of drug-likeness (QED) is 0.544. The van der Waals surface area contributed by atoms with Crippen LogP contribution in [0.1, 0.15) is 27.6 Å². The van der Waals surface area contributed by atoms with Gasteiger partial charge in [-0.2, -0.15) is 0 Å². The van der Waals surface area contributed by atoms with Crippen LogP contribution >= 0.6 is 0 Å². The summed E-state index contributed by atoms with van der Waals surface area (Å²) in [5.41, 5.74) is 0.724. The standard InChI is InChI=1S/C16H20N2O5/c1-10(7-17-8-14(20)23-2)13(19)9-18-15(21)11-5-3-4-6-12(11)16(18)22/h3-6,10,13,17,19H,7-9H2,1-2H3/t10-,13+/m1/s1. The zero-order valence-electron chi connectivity index (χ0n) is 13.1. The number of nitrogens with one attached hydrogen (secondary N) is 1. The van der Waals surface area contributed by atoms with Gasteiger partial charge in [0, 0.05) is 6.54 Å². The number of amides is 2. The molecular weight excluding hydrogens is 300 g/mol. The van der Waals surface area contributed by atoms with Gasteiger partial charge in [-0.15, -0.1) is 0 Å². The Labute approximate surface area is 134 Å². The fraction of sp³-hybridized carbons (Fsp3) is 0.438. The first-order chi connectivity index (χ1) is 11.0. The number of fused-ring (bicyclic) bond motifs is 1. The lowest BCUT2D eigenvalue weighted by atomic mass is 10.0. The summed E-state index contributed by atoms with van der Waals surface area (Å²) in [6.45, 7) is 2.10. The third kappa shape index (κ3) is 3.75. The molecule has 0 saturated heterocycles. The highest BCUT2D eigenvalue weighted by Crippen LogP contribution is 2.23. The van der Waals surface area contributed by atoms with Gasteiger partial charge >= 0.3 is 5.97 Å². The highest BCUT2D eigenvalue weighted by Gasteiger charge is 2.36. The number of imide groups is 1. The SMILES string of the molecule is COC(=O)CNC[C@@H](C)[C@@H](O)CN1C(=O)c2ccccc2C1=O. The van der Waals surface area contributed by atoms with E-state index < -0.39 is 12.1 Å². The maximum absolute atomic E-state index is 12.2. The van der Waals surface area contributed by atoms with E-state index in [1.165, 1.54) is 7.11 Å². The number of esters is 1. The molecule has 2 atom stereocenters. The Bertz CT molecular complexity index is 581. The molecule has 1 aromatic rings. The van der Waals surface area contributed by atoms with Crippen LogP contribution in [0.25, 0.3) is 0 Å². The fourth-order valence-corrected chi connectivity index (χ4v) is 2.38. The number of carbonyl (C=O) groups is 3. The average molecular weight is 320 g/mol. The minimum absolute atomic E-state index is 0.0422. The molecule has 0 aliphatic carbocycles. The van der Waals surface area contributed by atoms with Gasteiger partial charge in [-0.05, 0) is 18.1 Å². The summed E-state index contributed by atoms with van der Waals surface area (Å²) in [5.74, 6) is -1.42. The van der Waals surface area contributed by atoms with Crippen LogP contribution in [0, 0.1) is 5.92 Å². The Balaban J connectivity index is 1.91. The molecular formula is C16H20N2O5. The van der Waals surface area contributed by atoms with Crippen molar-refractivity contribution in [2.75, 3.05) is 26.7 Å². The topological polar surface area (TPSA) is 95.9 Å². The van der Waals surface area contributed by atoms with E-state index in [0.717, 1.165) is 4.90 Å². The molecule has 124 valence electrons. The highest BCUT2D eigenvalue weighted by molar-refractivity contribution is 6.21. The van der Waals surface area contributed by atoms with Crippen LogP contribution in [0.4, 0.5) is 0 Å². The van der Waals surface area contributed by atoms with Crippen molar-refractivity contribution in [2.45, 2.75) is 13.0 Å². The molecule has 0 radical (unpaired) electrons. The first-order valence-electron chi connectivity index (χ1n) is 7.36. The van der Waals surface area contributed by atoms with Crippen LogP contribution in [-0.2, 0) is 9.53 Å². The van der Waals surface area contributed by atoms with Crippen molar-refractivity contribution in [3.05, 3.63) is 35.4 Å². The van der Waals surface area contributed by atoms with Gasteiger partial charge in [0.05, 0.1) is 37.4 Å². The summed E-state index contributed by atoms with van der Waals surface area (Å²) in [7, 11) is 1.30. The van der Waals surface area contributed by atoms with Crippen LogP contribution in [0.5, 0.6) is 0 Å². The van der Waals surface area contributed by atoms with E-state index in [0.29, 0.717) is 17.7 Å². The number of hydrogen-bond donors (Lipinski definition) is 2. The molecule has 1 aliphatic heterocycles. The molecule has 0 unspecified atom stereocenters. The molecule has 1 aliphatic rings. The number of β-amino-alcohol motifs (C(OH)–C–C–N with tert-alkyl or cyclic N) is 1. The minimum Gasteiger partial charge on any atom is -0.468 e. The van der Waals surface area contributed by atoms with Crippen molar-refractivity contribution in [1.82, 2.24) is 10.2 Å². The van der Waals surface area contributed by atoms with E-state index in [4.69, 9.17) is 0 Å². The van der Waals surface area contributed by atoms with Crippen LogP contribution in [0.2, 0.25) is 0 Å². The van der Waals surface area contributed by atoms with Crippen LogP contribution in [0.15, 0.2) is 24.3 Å². The fourth-order valence-electron chi connectivity index (χ4n) is 2.38. The molecule has 0 saturated carbocycles. The lowest BCUT2D eigenvalue weighted by Crippen LogP contribution is -2.42. The molecule has 0 spiro atoms. The largest absolute Gasteiger partial charge is 0.468 e. The summed E-state index contributed by atoms with van der Waals surface area (Å²) in [6, 6.07) is 6.60. The van der Waals surface area contributed by atoms with Gasteiger partial charge in [0.25, 0.3) is 11.8 Å². The van der Waals surface area contributed by atoms with Crippen molar-refractivity contribution in [3.8, 4) is 0 Å². The maximum Gasteiger partial charge on any atom is 0.319 e. The number of hydrogen-bond acceptors (Lipinski definition) is 6. The van der Waals surface area contributed by atoms with E-state index in [-0.39, 0.29) is 30.8 Å². The number of carbonyl (C=O) groups excluding carboxylic acids is 3. The zero-order valence-corrected chi connectivity index (χ0v) is 13.1. The lowest BCUT2D eigenvalue weighted by Gasteiger charge is -2.23. The summed E-state index contributed by atoms with van der Waals surface area (Å²) in [5, 5.41) is 13.1. The van der Waals surface area contributed by atoms with Crippen LogP contribution in [-0.4, -0.2) is 60.6 Å². The molecule has 1 aromatic carbocycles. The van der Waals surface area contributed by atoms with Crippen molar-refractivity contribution in [1.29, 1.82) is 0 Å². The summed E-state index contributed by atoms with van der Waals surface area (Å²) in [6.07, 6.45) is -0.887. The molecule has 7 nitrogen and oxygen atoms in total. The zero-order chi connectivity index (χ0) is 17.0. The van der Waals surface area contributed by atoms with Gasteiger partial charge < -0.3 is 15.2 Å². The monoisotopic (exact) mass is 320 g/mol. The molecule has 23 heavy (non-hydrogen) atoms. The normalized spacial score (nSPS) is 16.2. The molecule has 2 rings (SSSR count). The third-order valence-electron chi connectivity index (χ3n) is 3.87. The number of nitrogens with zero attached hydrogens (tertiary/aromatic N) is 1. The number of ether oxygens (including phenoxy) is 1. The molecule has 7 heteroatoms. The Hall–Kier alpha value is -2.25. The van der Waals surface area contributed by atoms with Crippen molar-refractivity contribution in [3.63, 3.8) is 0 Å². The minimum atomic E-state index is -0.887. The average Bonchev–Trinajstić information content (AvgIpc) is 2.79. The summed E-state index contributed by atoms with van der Waals surface area (Å²) >= 11 is 0. The molecule has 0 fully saturated rings. The summed E-state index contributed by atoms with van der Waals surface area (Å²) in [4.78, 5) is 36.5. The Morgan fingerprint density at radius 1 is 1.26 bits per heavy atom. The van der Waals surface area contributed by atoms with Gasteiger partial charge in [-0.3, -0.25) is 19.3 Å². The van der Waals surface area contributed by atoms with Gasteiger partial charge in [-0.1, -0.05) is 19.1 Å². The Morgan fingerprint density at radius 2 is 1.83 bits per heavy atom. The molecule has 2 amide bonds. The molecule has 1 heterocycles. The van der Waals surface area contributed by atoms with E-state index >= 15 is 0 Å². The van der Waals surface area contributed by atoms with Gasteiger partial charge in [0.15, 0.2) is 0 Å². The van der Waals surface area contributed by atoms with Gasteiger partial charge in [0.2, 0.25) is 0 Å². The number of aliphatic hydroxyl groups excluding tert-OH is 1. The molecule has 0 aromatic heterocycles. The second-order valence-electron chi connectivity index (χ2n) is 5.52. The maximum atomic E-state index is 12.2. The van der Waals surface area contributed by atoms with Crippen molar-refractivity contribution >= 4 is 17.8 Å². The predicted octanol–water partition coefficient (Wildman–Crippen LogP) is 0.0422. The Morgan fingerprint density at radius 3 is 2.35 bits per heavy atom. The second kappa shape index (κ2) is 7.34. The smallest absolute Gasteiger partial charge is 0.319 e. The second-order valence-corrected chi connectivity index (χ2v) is 5.52. The number of benzene rings is 1. The van der Waals surface area contributed by atoms with E-state index in [1.807, 2.05) is 0 Å². The number of aliphatic hydroxyl groups is 1. The van der Waals surface area contributed by atoms with E-state index in [1.54, 1.807) is 31.2 Å². The van der Waals surface area contributed by atoms with Gasteiger partial charge in [-0.25, -0.2) is 0 Å². The lowest BCUT2D eigenvalue weighted by molar-refractivity contribution is -0.139. The predicted molar refractivity (Wildman–Crippen MR) is 81.9 cm³/mol. The summed E-state index contributed by atoms with van der Waals surface area (Å²) < 4.78 is 4.50. The van der Waals surface area contributed by atoms with Gasteiger partial charge in [0.1, 0.15) is 0 Å².